The number of nitrogens with zero attached hydrogens (tertiary/aromatic N) is 2. The van der Waals surface area contributed by atoms with Crippen LogP contribution in [0.3, 0.4) is 0 Å². The van der Waals surface area contributed by atoms with Crippen LogP contribution in [0, 0.1) is 0 Å². The second kappa shape index (κ2) is 6.28. The summed E-state index contributed by atoms with van der Waals surface area (Å²) in [6.07, 6.45) is 0. The first-order chi connectivity index (χ1) is 10.3. The van der Waals surface area contributed by atoms with Crippen molar-refractivity contribution in [2.45, 2.75) is 6.04 Å². The minimum atomic E-state index is -0.762. The number of aliphatic carboxylic acids is 1. The molecule has 0 radical (unpaired) electrons. The van der Waals surface area contributed by atoms with Gasteiger partial charge in [-0.25, -0.2) is 0 Å². The summed E-state index contributed by atoms with van der Waals surface area (Å²) in [6.45, 7) is 3.25. The fourth-order valence-corrected chi connectivity index (χ4v) is 3.50. The molecular weight excluding hydrogens is 284 g/mol. The monoisotopic (exact) mass is 302 g/mol. The lowest BCUT2D eigenvalue weighted by molar-refractivity contribution is -0.143. The van der Waals surface area contributed by atoms with Gasteiger partial charge in [-0.1, -0.05) is 18.2 Å². The van der Waals surface area contributed by atoms with E-state index < -0.39 is 12.0 Å². The molecule has 0 saturated carbocycles. The minimum Gasteiger partial charge on any atom is -0.480 e. The molecule has 1 aromatic carbocycles. The molecule has 1 aliphatic heterocycles. The zero-order valence-electron chi connectivity index (χ0n) is 11.7. The van der Waals surface area contributed by atoms with E-state index in [1.54, 1.807) is 11.3 Å². The second-order valence-electron chi connectivity index (χ2n) is 5.16. The summed E-state index contributed by atoms with van der Waals surface area (Å²) < 4.78 is 0. The van der Waals surface area contributed by atoms with Gasteiger partial charge in [0.15, 0.2) is 0 Å². The Labute approximate surface area is 128 Å². The maximum Gasteiger partial charge on any atom is 0.325 e. The van der Waals surface area contributed by atoms with E-state index in [4.69, 9.17) is 0 Å². The molecule has 1 atom stereocenters. The SMILES string of the molecule is O=C(O)C(c1ccsc1)N1CCN(c2ccccc2)CC1. The first-order valence-corrected chi connectivity index (χ1v) is 7.99. The lowest BCUT2D eigenvalue weighted by Gasteiger charge is -2.38. The Balaban J connectivity index is 1.68. The Morgan fingerprint density at radius 2 is 1.81 bits per heavy atom. The molecule has 1 saturated heterocycles. The van der Waals surface area contributed by atoms with Gasteiger partial charge in [-0.05, 0) is 34.5 Å². The van der Waals surface area contributed by atoms with E-state index in [-0.39, 0.29) is 0 Å². The number of benzene rings is 1. The van der Waals surface area contributed by atoms with Crippen LogP contribution in [-0.2, 0) is 4.79 Å². The molecule has 2 heterocycles. The van der Waals surface area contributed by atoms with Crippen LogP contribution in [0.15, 0.2) is 47.2 Å². The van der Waals surface area contributed by atoms with E-state index in [0.29, 0.717) is 0 Å². The van der Waals surface area contributed by atoms with Gasteiger partial charge in [0.25, 0.3) is 0 Å². The van der Waals surface area contributed by atoms with Gasteiger partial charge >= 0.3 is 5.97 Å². The number of anilines is 1. The predicted octanol–water partition coefficient (Wildman–Crippen LogP) is 2.70. The normalized spacial score (nSPS) is 17.6. The molecule has 5 heteroatoms. The van der Waals surface area contributed by atoms with Gasteiger partial charge in [-0.15, -0.1) is 0 Å². The molecule has 110 valence electrons. The van der Waals surface area contributed by atoms with Crippen LogP contribution in [0.5, 0.6) is 0 Å². The van der Waals surface area contributed by atoms with Gasteiger partial charge < -0.3 is 10.0 Å². The quantitative estimate of drug-likeness (QED) is 0.943. The van der Waals surface area contributed by atoms with Crippen molar-refractivity contribution in [3.63, 3.8) is 0 Å². The Bertz CT molecular complexity index is 578. The molecule has 2 aromatic rings. The summed E-state index contributed by atoms with van der Waals surface area (Å²) in [5, 5.41) is 13.4. The summed E-state index contributed by atoms with van der Waals surface area (Å²) >= 11 is 1.55. The molecule has 1 aliphatic rings. The van der Waals surface area contributed by atoms with Gasteiger partial charge in [0.2, 0.25) is 0 Å². The Morgan fingerprint density at radius 3 is 2.38 bits per heavy atom. The van der Waals surface area contributed by atoms with Crippen molar-refractivity contribution in [1.29, 1.82) is 0 Å². The maximum atomic E-state index is 11.6. The number of para-hydroxylation sites is 1. The molecular formula is C16H18N2O2S. The molecule has 0 aliphatic carbocycles. The van der Waals surface area contributed by atoms with E-state index >= 15 is 0 Å². The van der Waals surface area contributed by atoms with Crippen molar-refractivity contribution >= 4 is 23.0 Å². The van der Waals surface area contributed by atoms with E-state index in [9.17, 15) is 9.90 Å². The van der Waals surface area contributed by atoms with Crippen molar-refractivity contribution < 1.29 is 9.90 Å². The summed E-state index contributed by atoms with van der Waals surface area (Å²) in [7, 11) is 0. The third-order valence-electron chi connectivity index (χ3n) is 3.89. The molecule has 21 heavy (non-hydrogen) atoms. The fourth-order valence-electron chi connectivity index (χ4n) is 2.82. The average molecular weight is 302 g/mol. The molecule has 3 rings (SSSR count). The number of piperazine rings is 1. The van der Waals surface area contributed by atoms with E-state index in [1.807, 2.05) is 35.0 Å². The largest absolute Gasteiger partial charge is 0.480 e. The highest BCUT2D eigenvalue weighted by Crippen LogP contribution is 2.26. The molecule has 1 N–H and O–H groups in total. The van der Waals surface area contributed by atoms with Crippen LogP contribution in [0.2, 0.25) is 0 Å². The fraction of sp³-hybridized carbons (Fsp3) is 0.312. The molecule has 0 amide bonds. The van der Waals surface area contributed by atoms with Crippen LogP contribution in [0.4, 0.5) is 5.69 Å². The lowest BCUT2D eigenvalue weighted by Crippen LogP contribution is -2.49. The number of hydrogen-bond donors (Lipinski definition) is 1. The Morgan fingerprint density at radius 1 is 1.10 bits per heavy atom. The number of thiophene rings is 1. The second-order valence-corrected chi connectivity index (χ2v) is 5.94. The third kappa shape index (κ3) is 3.09. The number of rotatable bonds is 4. The lowest BCUT2D eigenvalue weighted by atomic mass is 10.1. The van der Waals surface area contributed by atoms with Crippen LogP contribution in [0.1, 0.15) is 11.6 Å². The highest BCUT2D eigenvalue weighted by Gasteiger charge is 2.30. The number of carboxylic acids is 1. The first-order valence-electron chi connectivity index (χ1n) is 7.04. The molecule has 1 fully saturated rings. The van der Waals surface area contributed by atoms with Gasteiger partial charge in [0.1, 0.15) is 6.04 Å². The zero-order chi connectivity index (χ0) is 14.7. The van der Waals surface area contributed by atoms with Gasteiger partial charge in [0.05, 0.1) is 0 Å². The van der Waals surface area contributed by atoms with Crippen LogP contribution < -0.4 is 4.90 Å². The number of carboxylic acid groups (broad SMARTS) is 1. The number of hydrogen-bond acceptors (Lipinski definition) is 4. The topological polar surface area (TPSA) is 43.8 Å². The van der Waals surface area contributed by atoms with E-state index in [1.165, 1.54) is 5.69 Å². The van der Waals surface area contributed by atoms with E-state index in [2.05, 4.69) is 21.9 Å². The third-order valence-corrected chi connectivity index (χ3v) is 4.60. The van der Waals surface area contributed by atoms with E-state index in [0.717, 1.165) is 31.7 Å². The van der Waals surface area contributed by atoms with Crippen molar-refractivity contribution in [1.82, 2.24) is 4.90 Å². The van der Waals surface area contributed by atoms with Crippen molar-refractivity contribution in [2.75, 3.05) is 31.1 Å². The standard InChI is InChI=1S/C16H18N2O2S/c19-16(20)15(13-6-11-21-12-13)18-9-7-17(8-10-18)14-4-2-1-3-5-14/h1-6,11-12,15H,7-10H2,(H,19,20). The van der Waals surface area contributed by atoms with Crippen LogP contribution in [-0.4, -0.2) is 42.2 Å². The summed E-state index contributed by atoms with van der Waals surface area (Å²) in [5.41, 5.74) is 2.10. The van der Waals surface area contributed by atoms with Crippen molar-refractivity contribution in [3.8, 4) is 0 Å². The molecule has 4 nitrogen and oxygen atoms in total. The van der Waals surface area contributed by atoms with Gasteiger partial charge in [0, 0.05) is 31.9 Å². The minimum absolute atomic E-state index is 0.519. The molecule has 0 spiro atoms. The molecule has 1 aromatic heterocycles. The molecule has 0 bridgehead atoms. The maximum absolute atomic E-state index is 11.6. The average Bonchev–Trinajstić information content (AvgIpc) is 3.03. The van der Waals surface area contributed by atoms with Gasteiger partial charge in [-0.2, -0.15) is 11.3 Å². The highest BCUT2D eigenvalue weighted by atomic mass is 32.1. The van der Waals surface area contributed by atoms with Crippen molar-refractivity contribution in [2.24, 2.45) is 0 Å². The summed E-state index contributed by atoms with van der Waals surface area (Å²) in [5.74, 6) is -0.762. The Kier molecular flexibility index (Phi) is 4.22. The van der Waals surface area contributed by atoms with Crippen LogP contribution in [0.25, 0.3) is 0 Å². The predicted molar refractivity (Wildman–Crippen MR) is 84.9 cm³/mol. The smallest absolute Gasteiger partial charge is 0.325 e. The van der Waals surface area contributed by atoms with Crippen molar-refractivity contribution in [3.05, 3.63) is 52.7 Å². The summed E-state index contributed by atoms with van der Waals surface area (Å²) in [6, 6.07) is 11.7. The highest BCUT2D eigenvalue weighted by molar-refractivity contribution is 7.08. The molecule has 1 unspecified atom stereocenters. The Hall–Kier alpha value is -1.85. The van der Waals surface area contributed by atoms with Crippen LogP contribution >= 0.6 is 11.3 Å². The zero-order valence-corrected chi connectivity index (χ0v) is 12.5. The summed E-state index contributed by atoms with van der Waals surface area (Å²) in [4.78, 5) is 16.0. The first kappa shape index (κ1) is 14.1. The number of carbonyl (C=O) groups is 1. The van der Waals surface area contributed by atoms with Gasteiger partial charge in [-0.3, -0.25) is 9.69 Å².